The Hall–Kier alpha value is -0.480. The van der Waals surface area contributed by atoms with Gasteiger partial charge >= 0.3 is 0 Å². The third-order valence-corrected chi connectivity index (χ3v) is 4.77. The van der Waals surface area contributed by atoms with E-state index >= 15 is 0 Å². The average Bonchev–Trinajstić information content (AvgIpc) is 2.95. The molecule has 0 spiro atoms. The monoisotopic (exact) mass is 237 g/mol. The highest BCUT2D eigenvalue weighted by Gasteiger charge is 2.26. The highest BCUT2D eigenvalue weighted by molar-refractivity contribution is 7.98. The number of fused-ring (bicyclic) bond motifs is 1. The maximum atomic E-state index is 5.80. The molecule has 2 aliphatic rings. The van der Waals surface area contributed by atoms with Crippen molar-refractivity contribution in [2.24, 2.45) is 5.73 Å². The fourth-order valence-corrected chi connectivity index (χ4v) is 3.95. The highest BCUT2D eigenvalue weighted by Crippen LogP contribution is 2.35. The maximum Gasteiger partial charge on any atom is 0.0795 e. The van der Waals surface area contributed by atoms with Crippen LogP contribution in [0, 0.1) is 0 Å². The molecule has 0 atom stereocenters. The Morgan fingerprint density at radius 3 is 2.94 bits per heavy atom. The van der Waals surface area contributed by atoms with Crippen LogP contribution in [-0.4, -0.2) is 15.5 Å². The van der Waals surface area contributed by atoms with Crippen molar-refractivity contribution in [3.05, 3.63) is 17.0 Å². The third kappa shape index (κ3) is 1.68. The Balaban J connectivity index is 2.00. The SMILES string of the molecule is NCc1nn(C2CCCC2)c2c1CCSC2. The molecule has 0 saturated heterocycles. The first-order valence-corrected chi connectivity index (χ1v) is 7.42. The summed E-state index contributed by atoms with van der Waals surface area (Å²) in [4.78, 5) is 0. The first-order valence-electron chi connectivity index (χ1n) is 6.27. The summed E-state index contributed by atoms with van der Waals surface area (Å²) < 4.78 is 2.32. The molecule has 1 aliphatic heterocycles. The number of hydrogen-bond acceptors (Lipinski definition) is 3. The van der Waals surface area contributed by atoms with Crippen LogP contribution in [0.1, 0.15) is 48.7 Å². The van der Waals surface area contributed by atoms with Crippen LogP contribution >= 0.6 is 11.8 Å². The number of nitrogens with zero attached hydrogens (tertiary/aromatic N) is 2. The van der Waals surface area contributed by atoms with Gasteiger partial charge in [0.2, 0.25) is 0 Å². The molecule has 0 radical (unpaired) electrons. The number of thioether (sulfide) groups is 1. The van der Waals surface area contributed by atoms with Gasteiger partial charge in [-0.25, -0.2) is 0 Å². The molecule has 88 valence electrons. The standard InChI is InChI=1S/C12H19N3S/c13-7-11-10-5-6-16-8-12(10)15(14-11)9-3-1-2-4-9/h9H,1-8,13H2. The lowest BCUT2D eigenvalue weighted by molar-refractivity contribution is 0.451. The van der Waals surface area contributed by atoms with Crippen molar-refractivity contribution in [1.29, 1.82) is 0 Å². The molecule has 0 bridgehead atoms. The topological polar surface area (TPSA) is 43.8 Å². The first-order chi connectivity index (χ1) is 7.90. The summed E-state index contributed by atoms with van der Waals surface area (Å²) in [7, 11) is 0. The van der Waals surface area contributed by atoms with Crippen LogP contribution in [0.2, 0.25) is 0 Å². The fraction of sp³-hybridized carbons (Fsp3) is 0.750. The van der Waals surface area contributed by atoms with Crippen molar-refractivity contribution in [1.82, 2.24) is 9.78 Å². The molecule has 3 nitrogen and oxygen atoms in total. The van der Waals surface area contributed by atoms with Crippen LogP contribution in [0.15, 0.2) is 0 Å². The van der Waals surface area contributed by atoms with E-state index in [1.54, 1.807) is 0 Å². The van der Waals surface area contributed by atoms with Crippen LogP contribution in [0.3, 0.4) is 0 Å². The van der Waals surface area contributed by atoms with Crippen molar-refractivity contribution in [2.45, 2.75) is 50.4 Å². The van der Waals surface area contributed by atoms with Gasteiger partial charge in [0, 0.05) is 12.3 Å². The summed E-state index contributed by atoms with van der Waals surface area (Å²) >= 11 is 2.03. The van der Waals surface area contributed by atoms with Gasteiger partial charge in [-0.15, -0.1) is 0 Å². The highest BCUT2D eigenvalue weighted by atomic mass is 32.2. The summed E-state index contributed by atoms with van der Waals surface area (Å²) in [6.07, 6.45) is 6.51. The van der Waals surface area contributed by atoms with Gasteiger partial charge in [-0.05, 0) is 30.6 Å². The molecule has 2 heterocycles. The molecular weight excluding hydrogens is 218 g/mol. The second kappa shape index (κ2) is 4.41. The Morgan fingerprint density at radius 1 is 1.38 bits per heavy atom. The van der Waals surface area contributed by atoms with E-state index in [4.69, 9.17) is 10.8 Å². The van der Waals surface area contributed by atoms with Crippen LogP contribution < -0.4 is 5.73 Å². The van der Waals surface area contributed by atoms with E-state index in [-0.39, 0.29) is 0 Å². The van der Waals surface area contributed by atoms with E-state index in [2.05, 4.69) is 4.68 Å². The van der Waals surface area contributed by atoms with Gasteiger partial charge in [0.25, 0.3) is 0 Å². The molecule has 16 heavy (non-hydrogen) atoms. The summed E-state index contributed by atoms with van der Waals surface area (Å²) in [5, 5.41) is 4.77. The summed E-state index contributed by atoms with van der Waals surface area (Å²) in [5.74, 6) is 2.37. The zero-order valence-corrected chi connectivity index (χ0v) is 10.4. The lowest BCUT2D eigenvalue weighted by Gasteiger charge is -2.17. The second-order valence-electron chi connectivity index (χ2n) is 4.76. The van der Waals surface area contributed by atoms with Crippen molar-refractivity contribution in [3.8, 4) is 0 Å². The maximum absolute atomic E-state index is 5.80. The second-order valence-corrected chi connectivity index (χ2v) is 5.87. The van der Waals surface area contributed by atoms with Gasteiger partial charge in [-0.1, -0.05) is 12.8 Å². The minimum absolute atomic E-state index is 0.604. The molecule has 1 aromatic rings. The lowest BCUT2D eigenvalue weighted by atomic mass is 10.1. The Morgan fingerprint density at radius 2 is 2.19 bits per heavy atom. The van der Waals surface area contributed by atoms with Crippen molar-refractivity contribution >= 4 is 11.8 Å². The Labute approximate surface area is 101 Å². The van der Waals surface area contributed by atoms with Crippen molar-refractivity contribution in [3.63, 3.8) is 0 Å². The zero-order valence-electron chi connectivity index (χ0n) is 9.61. The smallest absolute Gasteiger partial charge is 0.0795 e. The van der Waals surface area contributed by atoms with E-state index in [1.807, 2.05) is 11.8 Å². The minimum Gasteiger partial charge on any atom is -0.325 e. The first kappa shape index (κ1) is 10.7. The molecule has 0 unspecified atom stereocenters. The predicted octanol–water partition coefficient (Wildman–Crippen LogP) is 2.25. The van der Waals surface area contributed by atoms with Crippen molar-refractivity contribution < 1.29 is 0 Å². The molecule has 0 aromatic carbocycles. The van der Waals surface area contributed by atoms with Gasteiger partial charge in [0.15, 0.2) is 0 Å². The van der Waals surface area contributed by atoms with Gasteiger partial charge in [0.05, 0.1) is 17.4 Å². The third-order valence-electron chi connectivity index (χ3n) is 3.80. The van der Waals surface area contributed by atoms with Crippen LogP contribution in [0.4, 0.5) is 0 Å². The quantitative estimate of drug-likeness (QED) is 0.858. The Bertz CT molecular complexity index is 380. The summed E-state index contributed by atoms with van der Waals surface area (Å²) in [5.41, 5.74) is 9.90. The largest absolute Gasteiger partial charge is 0.325 e. The normalized spacial score (nSPS) is 21.3. The number of aromatic nitrogens is 2. The lowest BCUT2D eigenvalue weighted by Crippen LogP contribution is -2.12. The van der Waals surface area contributed by atoms with E-state index in [1.165, 1.54) is 49.1 Å². The molecule has 1 aliphatic carbocycles. The van der Waals surface area contributed by atoms with E-state index in [0.717, 1.165) is 11.4 Å². The van der Waals surface area contributed by atoms with E-state index in [0.29, 0.717) is 12.6 Å². The van der Waals surface area contributed by atoms with E-state index in [9.17, 15) is 0 Å². The van der Waals surface area contributed by atoms with Gasteiger partial charge < -0.3 is 5.73 Å². The summed E-state index contributed by atoms with van der Waals surface area (Å²) in [6, 6.07) is 0.660. The average molecular weight is 237 g/mol. The Kier molecular flexibility index (Phi) is 2.94. The predicted molar refractivity (Wildman–Crippen MR) is 67.5 cm³/mol. The van der Waals surface area contributed by atoms with Crippen LogP contribution in [0.5, 0.6) is 0 Å². The minimum atomic E-state index is 0.604. The molecule has 1 fully saturated rings. The van der Waals surface area contributed by atoms with Crippen molar-refractivity contribution in [2.75, 3.05) is 5.75 Å². The number of nitrogens with two attached hydrogens (primary N) is 1. The summed E-state index contributed by atoms with van der Waals surface area (Å²) in [6.45, 7) is 0.604. The van der Waals surface area contributed by atoms with Gasteiger partial charge in [-0.3, -0.25) is 4.68 Å². The molecule has 3 rings (SSSR count). The molecular formula is C12H19N3S. The fourth-order valence-electron chi connectivity index (χ4n) is 2.96. The van der Waals surface area contributed by atoms with Crippen LogP contribution in [-0.2, 0) is 18.7 Å². The van der Waals surface area contributed by atoms with Crippen LogP contribution in [0.25, 0.3) is 0 Å². The van der Waals surface area contributed by atoms with Gasteiger partial charge in [0.1, 0.15) is 0 Å². The molecule has 2 N–H and O–H groups in total. The van der Waals surface area contributed by atoms with Gasteiger partial charge in [-0.2, -0.15) is 16.9 Å². The number of hydrogen-bond donors (Lipinski definition) is 1. The molecule has 1 aromatic heterocycles. The molecule has 1 saturated carbocycles. The van der Waals surface area contributed by atoms with E-state index < -0.39 is 0 Å². The molecule has 0 amide bonds. The molecule has 4 heteroatoms. The zero-order chi connectivity index (χ0) is 11.0. The number of rotatable bonds is 2.